The van der Waals surface area contributed by atoms with E-state index in [1.54, 1.807) is 6.07 Å². The van der Waals surface area contributed by atoms with Crippen LogP contribution in [0.2, 0.25) is 0 Å². The first-order chi connectivity index (χ1) is 7.01. The van der Waals surface area contributed by atoms with Gasteiger partial charge in [-0.3, -0.25) is 9.79 Å². The summed E-state index contributed by atoms with van der Waals surface area (Å²) in [4.78, 5) is 17.0. The van der Waals surface area contributed by atoms with Gasteiger partial charge in [-0.15, -0.1) is 0 Å². The van der Waals surface area contributed by atoms with Crippen molar-refractivity contribution in [2.45, 2.75) is 32.6 Å². The molecule has 0 atom stereocenters. The zero-order chi connectivity index (χ0) is 11.3. The van der Waals surface area contributed by atoms with Gasteiger partial charge in [0.15, 0.2) is 0 Å². The summed E-state index contributed by atoms with van der Waals surface area (Å²) in [6, 6.07) is 3.08. The quantitative estimate of drug-likeness (QED) is 0.583. The first kappa shape index (κ1) is 12.3. The van der Waals surface area contributed by atoms with Crippen molar-refractivity contribution in [2.75, 3.05) is 0 Å². The number of phosphoric acid groups is 1. The summed E-state index contributed by atoms with van der Waals surface area (Å²) in [5.74, 6) is 0.557. The van der Waals surface area contributed by atoms with Crippen molar-refractivity contribution >= 4 is 7.82 Å². The highest BCUT2D eigenvalue weighted by Crippen LogP contribution is 2.38. The number of hydrogen-bond donors (Lipinski definition) is 2. The van der Waals surface area contributed by atoms with E-state index in [0.717, 1.165) is 25.7 Å². The summed E-state index contributed by atoms with van der Waals surface area (Å²) in [5, 5.41) is 0. The number of rotatable bonds is 6. The molecular formula is C9H15O5P. The standard InChI is InChI=1S/C9H15O5P/c1-2-3-4-5-8-6-7-9(13-8)14-15(10,11)12/h6-7H,2-5H2,1H3,(H2,10,11,12). The lowest BCUT2D eigenvalue weighted by Gasteiger charge is -2.01. The molecule has 0 saturated carbocycles. The largest absolute Gasteiger partial charge is 0.527 e. The second-order valence-corrected chi connectivity index (χ2v) is 4.42. The number of furan rings is 1. The van der Waals surface area contributed by atoms with E-state index in [1.165, 1.54) is 6.07 Å². The minimum Gasteiger partial charge on any atom is -0.431 e. The number of unbranched alkanes of at least 4 members (excludes halogenated alkanes) is 2. The molecule has 0 unspecified atom stereocenters. The molecule has 0 spiro atoms. The minimum atomic E-state index is -4.50. The summed E-state index contributed by atoms with van der Waals surface area (Å²) in [7, 11) is -4.50. The van der Waals surface area contributed by atoms with E-state index in [-0.39, 0.29) is 5.95 Å². The highest BCUT2D eigenvalue weighted by Gasteiger charge is 2.18. The average molecular weight is 234 g/mol. The Morgan fingerprint density at radius 1 is 1.40 bits per heavy atom. The third kappa shape index (κ3) is 5.02. The van der Waals surface area contributed by atoms with Gasteiger partial charge in [-0.1, -0.05) is 19.8 Å². The van der Waals surface area contributed by atoms with Crippen LogP contribution in [0.5, 0.6) is 5.95 Å². The lowest BCUT2D eigenvalue weighted by atomic mass is 10.2. The van der Waals surface area contributed by atoms with E-state index in [0.29, 0.717) is 5.76 Å². The van der Waals surface area contributed by atoms with Gasteiger partial charge in [0, 0.05) is 12.5 Å². The van der Waals surface area contributed by atoms with Gasteiger partial charge in [0.1, 0.15) is 5.76 Å². The number of phosphoric ester groups is 1. The molecule has 0 bridgehead atoms. The van der Waals surface area contributed by atoms with Gasteiger partial charge in [0.25, 0.3) is 5.95 Å². The molecule has 2 N–H and O–H groups in total. The Balaban J connectivity index is 2.46. The fourth-order valence-corrected chi connectivity index (χ4v) is 1.54. The number of aryl methyl sites for hydroxylation is 1. The van der Waals surface area contributed by atoms with Crippen LogP contribution in [0.1, 0.15) is 31.9 Å². The Kier molecular flexibility index (Phi) is 4.39. The Hall–Kier alpha value is -0.770. The normalized spacial score (nSPS) is 11.7. The van der Waals surface area contributed by atoms with Crippen molar-refractivity contribution in [1.29, 1.82) is 0 Å². The molecule has 5 nitrogen and oxygen atoms in total. The van der Waals surface area contributed by atoms with Crippen LogP contribution in [-0.4, -0.2) is 9.79 Å². The van der Waals surface area contributed by atoms with E-state index in [9.17, 15) is 4.57 Å². The SMILES string of the molecule is CCCCCc1ccc(OP(=O)(O)O)o1. The van der Waals surface area contributed by atoms with Gasteiger partial charge < -0.3 is 8.94 Å². The Labute approximate surface area is 88.3 Å². The van der Waals surface area contributed by atoms with Gasteiger partial charge in [0.05, 0.1) is 0 Å². The third-order valence-corrected chi connectivity index (χ3v) is 2.29. The molecular weight excluding hydrogens is 219 g/mol. The summed E-state index contributed by atoms with van der Waals surface area (Å²) in [6.07, 6.45) is 3.99. The molecule has 6 heteroatoms. The van der Waals surface area contributed by atoms with Gasteiger partial charge in [-0.05, 0) is 12.5 Å². The average Bonchev–Trinajstić information content (AvgIpc) is 2.50. The molecule has 1 rings (SSSR count). The smallest absolute Gasteiger partial charge is 0.431 e. The zero-order valence-corrected chi connectivity index (χ0v) is 9.44. The fourth-order valence-electron chi connectivity index (χ4n) is 1.21. The van der Waals surface area contributed by atoms with E-state index in [4.69, 9.17) is 14.2 Å². The molecule has 0 radical (unpaired) electrons. The highest BCUT2D eigenvalue weighted by molar-refractivity contribution is 7.46. The topological polar surface area (TPSA) is 79.9 Å². The van der Waals surface area contributed by atoms with Crippen LogP contribution in [0.15, 0.2) is 16.5 Å². The Morgan fingerprint density at radius 3 is 2.73 bits per heavy atom. The molecule has 0 aliphatic heterocycles. The van der Waals surface area contributed by atoms with Gasteiger partial charge in [0.2, 0.25) is 0 Å². The maximum Gasteiger partial charge on any atom is 0.527 e. The second kappa shape index (κ2) is 5.35. The molecule has 0 aliphatic rings. The predicted molar refractivity (Wildman–Crippen MR) is 54.6 cm³/mol. The molecule has 0 fully saturated rings. The van der Waals surface area contributed by atoms with Crippen molar-refractivity contribution in [1.82, 2.24) is 0 Å². The van der Waals surface area contributed by atoms with Crippen molar-refractivity contribution in [3.63, 3.8) is 0 Å². The van der Waals surface area contributed by atoms with E-state index >= 15 is 0 Å². The van der Waals surface area contributed by atoms with Crippen LogP contribution in [0, 0.1) is 0 Å². The second-order valence-electron chi connectivity index (χ2n) is 3.26. The third-order valence-electron chi connectivity index (χ3n) is 1.87. The van der Waals surface area contributed by atoms with Crippen molar-refractivity contribution in [2.24, 2.45) is 0 Å². The van der Waals surface area contributed by atoms with Gasteiger partial charge in [-0.2, -0.15) is 0 Å². The molecule has 1 aromatic rings. The zero-order valence-electron chi connectivity index (χ0n) is 8.55. The van der Waals surface area contributed by atoms with Gasteiger partial charge in [-0.25, -0.2) is 4.57 Å². The van der Waals surface area contributed by atoms with E-state index in [2.05, 4.69) is 11.4 Å². The molecule has 1 aromatic heterocycles. The summed E-state index contributed by atoms with van der Waals surface area (Å²) in [5.41, 5.74) is 0. The van der Waals surface area contributed by atoms with E-state index < -0.39 is 7.82 Å². The summed E-state index contributed by atoms with van der Waals surface area (Å²) >= 11 is 0. The van der Waals surface area contributed by atoms with Crippen LogP contribution in [-0.2, 0) is 11.0 Å². The predicted octanol–water partition coefficient (Wildman–Crippen LogP) is 2.48. The molecule has 0 aromatic carbocycles. The van der Waals surface area contributed by atoms with Crippen molar-refractivity contribution in [3.05, 3.63) is 17.9 Å². The Morgan fingerprint density at radius 2 is 2.13 bits per heavy atom. The number of hydrogen-bond acceptors (Lipinski definition) is 3. The lowest BCUT2D eigenvalue weighted by Crippen LogP contribution is -1.87. The minimum absolute atomic E-state index is 0.130. The summed E-state index contributed by atoms with van der Waals surface area (Å²) < 4.78 is 19.9. The van der Waals surface area contributed by atoms with Gasteiger partial charge >= 0.3 is 7.82 Å². The lowest BCUT2D eigenvalue weighted by molar-refractivity contribution is 0.251. The maximum absolute atomic E-state index is 10.5. The highest BCUT2D eigenvalue weighted by atomic mass is 31.2. The van der Waals surface area contributed by atoms with Crippen molar-refractivity contribution in [3.8, 4) is 5.95 Å². The fraction of sp³-hybridized carbons (Fsp3) is 0.556. The molecule has 0 amide bonds. The summed E-state index contributed by atoms with van der Waals surface area (Å²) in [6.45, 7) is 2.10. The maximum atomic E-state index is 10.5. The van der Waals surface area contributed by atoms with Crippen LogP contribution in [0.3, 0.4) is 0 Å². The molecule has 86 valence electrons. The van der Waals surface area contributed by atoms with Crippen LogP contribution < -0.4 is 4.52 Å². The van der Waals surface area contributed by atoms with Crippen LogP contribution in [0.25, 0.3) is 0 Å². The Bertz CT molecular complexity index is 340. The van der Waals surface area contributed by atoms with E-state index in [1.807, 2.05) is 0 Å². The monoisotopic (exact) mass is 234 g/mol. The molecule has 1 heterocycles. The molecule has 15 heavy (non-hydrogen) atoms. The molecule has 0 aliphatic carbocycles. The van der Waals surface area contributed by atoms with Crippen molar-refractivity contribution < 1.29 is 23.3 Å². The van der Waals surface area contributed by atoms with Crippen LogP contribution in [0.4, 0.5) is 0 Å². The first-order valence-corrected chi connectivity index (χ1v) is 6.38. The van der Waals surface area contributed by atoms with Crippen LogP contribution >= 0.6 is 7.82 Å². The molecule has 0 saturated heterocycles. The first-order valence-electron chi connectivity index (χ1n) is 4.85.